The first kappa shape index (κ1) is 37.6. The second-order valence-electron chi connectivity index (χ2n) is 11.5. The van der Waals surface area contributed by atoms with Crippen molar-refractivity contribution in [1.29, 1.82) is 0 Å². The zero-order chi connectivity index (χ0) is 35.5. The van der Waals surface area contributed by atoms with Gasteiger partial charge < -0.3 is 34.4 Å². The van der Waals surface area contributed by atoms with Crippen molar-refractivity contribution in [2.45, 2.75) is 47.8 Å². The van der Waals surface area contributed by atoms with Crippen molar-refractivity contribution in [3.63, 3.8) is 0 Å². The predicted octanol–water partition coefficient (Wildman–Crippen LogP) is 3.38. The molecule has 1 aliphatic rings. The number of nitrogens with zero attached hydrogens (tertiary/aromatic N) is 6. The summed E-state index contributed by atoms with van der Waals surface area (Å²) in [5.74, 6) is 1.07. The minimum atomic E-state index is -3.90. The normalized spacial score (nSPS) is 18.1. The fourth-order valence-corrected chi connectivity index (χ4v) is 7.58. The number of ether oxygens (including phenoxy) is 4. The first-order chi connectivity index (χ1) is 24.2. The van der Waals surface area contributed by atoms with E-state index in [0.29, 0.717) is 41.8 Å². The molecule has 0 bridgehead atoms. The maximum atomic E-state index is 12.9. The summed E-state index contributed by atoms with van der Waals surface area (Å²) in [6.45, 7) is 1.11. The third kappa shape index (κ3) is 9.18. The molecule has 272 valence electrons. The Kier molecular flexibility index (Phi) is 13.6. The molecule has 1 fully saturated rings. The summed E-state index contributed by atoms with van der Waals surface area (Å²) >= 11 is 1.57. The summed E-state index contributed by atoms with van der Waals surface area (Å²) < 4.78 is 50.5. The topological polar surface area (TPSA) is 187 Å². The van der Waals surface area contributed by atoms with Gasteiger partial charge in [-0.25, -0.2) is 23.4 Å². The Balaban J connectivity index is 0.982. The van der Waals surface area contributed by atoms with E-state index in [4.69, 9.17) is 39.3 Å². The molecule has 3 unspecified atom stereocenters. The lowest BCUT2D eigenvalue weighted by Gasteiger charge is -2.17. The maximum Gasteiger partial charge on any atom is 0.263 e. The van der Waals surface area contributed by atoms with Crippen LogP contribution in [0.3, 0.4) is 0 Å². The Labute approximate surface area is 295 Å². The Morgan fingerprint density at radius 2 is 1.92 bits per heavy atom. The molecule has 3 N–H and O–H groups in total. The van der Waals surface area contributed by atoms with E-state index in [2.05, 4.69) is 20.0 Å². The highest BCUT2D eigenvalue weighted by atomic mass is 32.2. The van der Waals surface area contributed by atoms with E-state index in [0.717, 1.165) is 28.4 Å². The Bertz CT molecular complexity index is 1840. The number of unbranched alkanes of at least 4 members (excludes halogenated alkanes) is 1. The van der Waals surface area contributed by atoms with E-state index in [1.165, 1.54) is 6.33 Å². The second-order valence-corrected chi connectivity index (χ2v) is 14.1. The van der Waals surface area contributed by atoms with Crippen molar-refractivity contribution in [2.75, 3.05) is 77.7 Å². The molecule has 18 heteroatoms. The number of hydrogen-bond donors (Lipinski definition) is 2. The highest BCUT2D eigenvalue weighted by Gasteiger charge is 2.38. The number of hydrogen-bond acceptors (Lipinski definition) is 15. The highest BCUT2D eigenvalue weighted by molar-refractivity contribution is 7.99. The van der Waals surface area contributed by atoms with E-state index in [9.17, 15) is 8.42 Å². The van der Waals surface area contributed by atoms with Gasteiger partial charge in [0.05, 0.1) is 37.4 Å². The number of nitrogens with one attached hydrogen (secondary N) is 1. The van der Waals surface area contributed by atoms with Crippen molar-refractivity contribution >= 4 is 61.4 Å². The molecular formula is C32H44N8O8S2. The lowest BCUT2D eigenvalue weighted by atomic mass is 10.1. The first-order valence-electron chi connectivity index (χ1n) is 16.1. The summed E-state index contributed by atoms with van der Waals surface area (Å²) in [7, 11) is 3.22. The minimum absolute atomic E-state index is 0.0222. The van der Waals surface area contributed by atoms with Crippen LogP contribution in [0.1, 0.15) is 25.5 Å². The summed E-state index contributed by atoms with van der Waals surface area (Å²) in [4.78, 5) is 28.0. The monoisotopic (exact) mass is 732 g/mol. The number of sulfonamides is 1. The molecule has 16 nitrogen and oxygen atoms in total. The lowest BCUT2D eigenvalue weighted by molar-refractivity contribution is -0.0617. The van der Waals surface area contributed by atoms with Crippen LogP contribution in [0.15, 0.2) is 57.9 Å². The zero-order valence-corrected chi connectivity index (χ0v) is 30.2. The van der Waals surface area contributed by atoms with Gasteiger partial charge in [-0.05, 0) is 25.0 Å². The van der Waals surface area contributed by atoms with Crippen LogP contribution in [-0.4, -0.2) is 113 Å². The standard InChI is InChI=1S/C32H44N8O8S2/c1-39(2)24-11-7-10-23-22(24)9-8-12-27(23)50(41,42)38-47-17-15-45-14-16-46-36-13-5-6-18-49-32-37-29-30(33)34-21-35-31(29)40(32)28-19-25(44-4)26(48-28)20-43-3/h7-13,21,25-26,28,38H,5-6,14-20H2,1-4H3,(H2,33,34,35). The van der Waals surface area contributed by atoms with Crippen molar-refractivity contribution in [1.82, 2.24) is 24.4 Å². The van der Waals surface area contributed by atoms with E-state index in [1.54, 1.807) is 50.4 Å². The smallest absolute Gasteiger partial charge is 0.263 e. The number of imidazole rings is 1. The predicted molar refractivity (Wildman–Crippen MR) is 191 cm³/mol. The van der Waals surface area contributed by atoms with Crippen LogP contribution in [0.4, 0.5) is 11.5 Å². The molecule has 2 aromatic heterocycles. The van der Waals surface area contributed by atoms with E-state index >= 15 is 0 Å². The molecule has 1 saturated heterocycles. The van der Waals surface area contributed by atoms with Gasteiger partial charge in [0.2, 0.25) is 0 Å². The number of fused-ring (bicyclic) bond motifs is 2. The number of nitrogens with two attached hydrogens (primary N) is 1. The molecular weight excluding hydrogens is 689 g/mol. The molecule has 2 aromatic carbocycles. The number of aromatic nitrogens is 4. The molecule has 5 rings (SSSR count). The maximum absolute atomic E-state index is 12.9. The molecule has 4 aromatic rings. The van der Waals surface area contributed by atoms with Crippen LogP contribution < -0.4 is 15.5 Å². The molecule has 3 heterocycles. The van der Waals surface area contributed by atoms with Crippen LogP contribution in [-0.2, 0) is 38.6 Å². The quantitative estimate of drug-likeness (QED) is 0.0583. The molecule has 0 aliphatic carbocycles. The number of rotatable bonds is 20. The average molecular weight is 733 g/mol. The summed E-state index contributed by atoms with van der Waals surface area (Å²) in [6, 6.07) is 10.7. The van der Waals surface area contributed by atoms with Crippen LogP contribution in [0.25, 0.3) is 21.9 Å². The van der Waals surface area contributed by atoms with Gasteiger partial charge in [-0.2, -0.15) is 0 Å². The zero-order valence-electron chi connectivity index (χ0n) is 28.6. The van der Waals surface area contributed by atoms with Crippen LogP contribution in [0.2, 0.25) is 0 Å². The van der Waals surface area contributed by atoms with Gasteiger partial charge >= 0.3 is 0 Å². The third-order valence-electron chi connectivity index (χ3n) is 7.88. The molecule has 0 saturated carbocycles. The van der Waals surface area contributed by atoms with Gasteiger partial charge in [0.25, 0.3) is 10.0 Å². The van der Waals surface area contributed by atoms with Gasteiger partial charge in [-0.15, -0.1) is 0 Å². The van der Waals surface area contributed by atoms with Gasteiger partial charge in [-0.3, -0.25) is 9.40 Å². The number of anilines is 2. The number of methoxy groups -OCH3 is 2. The lowest BCUT2D eigenvalue weighted by Crippen LogP contribution is -2.27. The highest BCUT2D eigenvalue weighted by Crippen LogP contribution is 2.37. The van der Waals surface area contributed by atoms with E-state index < -0.39 is 10.0 Å². The average Bonchev–Trinajstić information content (AvgIpc) is 3.69. The van der Waals surface area contributed by atoms with Gasteiger partial charge in [0.1, 0.15) is 25.3 Å². The molecule has 0 amide bonds. The van der Waals surface area contributed by atoms with Crippen LogP contribution in [0, 0.1) is 0 Å². The van der Waals surface area contributed by atoms with Crippen LogP contribution >= 0.6 is 11.8 Å². The van der Waals surface area contributed by atoms with E-state index in [-0.39, 0.29) is 49.8 Å². The largest absolute Gasteiger partial charge is 0.394 e. The summed E-state index contributed by atoms with van der Waals surface area (Å²) in [5.41, 5.74) is 8.18. The third-order valence-corrected chi connectivity index (χ3v) is 10.2. The Morgan fingerprint density at radius 1 is 1.12 bits per heavy atom. The second kappa shape index (κ2) is 18.0. The van der Waals surface area contributed by atoms with Crippen molar-refractivity contribution < 1.29 is 37.0 Å². The number of nitrogen functional groups attached to an aromatic ring is 1. The van der Waals surface area contributed by atoms with Gasteiger partial charge in [0, 0.05) is 63.2 Å². The van der Waals surface area contributed by atoms with Crippen LogP contribution in [0.5, 0.6) is 0 Å². The van der Waals surface area contributed by atoms with E-state index in [1.807, 2.05) is 41.8 Å². The molecule has 3 atom stereocenters. The summed E-state index contributed by atoms with van der Waals surface area (Å²) in [6.07, 6.45) is 4.60. The molecule has 1 aliphatic heterocycles. The fraction of sp³-hybridized carbons (Fsp3) is 0.500. The minimum Gasteiger partial charge on any atom is -0.394 e. The van der Waals surface area contributed by atoms with Gasteiger partial charge in [0.15, 0.2) is 22.1 Å². The number of thioether (sulfide) groups is 1. The number of benzene rings is 2. The van der Waals surface area contributed by atoms with Crippen molar-refractivity contribution in [2.24, 2.45) is 5.16 Å². The fourth-order valence-electron chi connectivity index (χ4n) is 5.54. The molecule has 0 spiro atoms. The molecule has 0 radical (unpaired) electrons. The summed E-state index contributed by atoms with van der Waals surface area (Å²) in [5, 5.41) is 6.16. The van der Waals surface area contributed by atoms with Crippen molar-refractivity contribution in [3.05, 3.63) is 42.7 Å². The Hall–Kier alpha value is -3.62. The Morgan fingerprint density at radius 3 is 2.72 bits per heavy atom. The SMILES string of the molecule is COCC1OC(n2c(SCCCC=NOCCOCCONS(=O)(=O)c3cccc4c(N(C)C)cccc34)nc3c(N)ncnc32)CC1OC. The first-order valence-corrected chi connectivity index (χ1v) is 18.5. The molecule has 50 heavy (non-hydrogen) atoms. The van der Waals surface area contributed by atoms with Crippen molar-refractivity contribution in [3.8, 4) is 0 Å². The van der Waals surface area contributed by atoms with Gasteiger partial charge in [-0.1, -0.05) is 46.1 Å². The number of oxime groups is 1.